The van der Waals surface area contributed by atoms with Crippen molar-refractivity contribution in [3.05, 3.63) is 23.9 Å². The Hall–Kier alpha value is -1.62. The van der Waals surface area contributed by atoms with E-state index in [0.29, 0.717) is 12.6 Å². The summed E-state index contributed by atoms with van der Waals surface area (Å²) in [5, 5.41) is 6.22. The molecule has 0 saturated carbocycles. The van der Waals surface area contributed by atoms with E-state index < -0.39 is 0 Å². The van der Waals surface area contributed by atoms with Gasteiger partial charge in [0.2, 0.25) is 5.91 Å². The molecule has 5 heteroatoms. The summed E-state index contributed by atoms with van der Waals surface area (Å²) in [4.78, 5) is 18.1. The lowest BCUT2D eigenvalue weighted by molar-refractivity contribution is -0.122. The smallest absolute Gasteiger partial charge is 0.242 e. The summed E-state index contributed by atoms with van der Waals surface area (Å²) in [7, 11) is 0. The van der Waals surface area contributed by atoms with E-state index in [-0.39, 0.29) is 11.9 Å². The van der Waals surface area contributed by atoms with Crippen LogP contribution in [0.1, 0.15) is 26.3 Å². The van der Waals surface area contributed by atoms with Gasteiger partial charge in [0.25, 0.3) is 0 Å². The van der Waals surface area contributed by atoms with Crippen LogP contribution in [0.5, 0.6) is 0 Å². The van der Waals surface area contributed by atoms with Crippen LogP contribution >= 0.6 is 0 Å². The molecule has 19 heavy (non-hydrogen) atoms. The molecule has 1 unspecified atom stereocenters. The van der Waals surface area contributed by atoms with Crippen molar-refractivity contribution in [3.8, 4) is 0 Å². The molecule has 104 valence electrons. The van der Waals surface area contributed by atoms with Crippen LogP contribution in [-0.2, 0) is 11.3 Å². The molecule has 1 aromatic rings. The number of amides is 1. The third-order valence-electron chi connectivity index (χ3n) is 3.32. The molecule has 0 spiro atoms. The molecular weight excluding hydrogens is 240 g/mol. The Balaban J connectivity index is 2.03. The minimum absolute atomic E-state index is 0.0681. The van der Waals surface area contributed by atoms with Gasteiger partial charge in [0, 0.05) is 31.9 Å². The number of hydrogen-bond donors (Lipinski definition) is 2. The maximum absolute atomic E-state index is 11.6. The molecule has 0 aromatic carbocycles. The normalized spacial score (nSPS) is 19.7. The fraction of sp³-hybridized carbons (Fsp3) is 0.571. The zero-order valence-corrected chi connectivity index (χ0v) is 11.8. The lowest BCUT2D eigenvalue weighted by Gasteiger charge is -2.33. The highest BCUT2D eigenvalue weighted by Crippen LogP contribution is 2.16. The van der Waals surface area contributed by atoms with Gasteiger partial charge in [0.05, 0.1) is 0 Å². The van der Waals surface area contributed by atoms with Crippen molar-refractivity contribution in [3.63, 3.8) is 0 Å². The van der Waals surface area contributed by atoms with Crippen molar-refractivity contribution in [2.45, 2.75) is 39.4 Å². The molecule has 2 rings (SSSR count). The second kappa shape index (κ2) is 6.02. The number of carbonyl (C=O) groups excluding carboxylic acids is 1. The van der Waals surface area contributed by atoms with E-state index in [1.54, 1.807) is 0 Å². The molecule has 1 aliphatic heterocycles. The number of aromatic nitrogens is 1. The largest absolute Gasteiger partial charge is 0.353 e. The highest BCUT2D eigenvalue weighted by molar-refractivity contribution is 5.85. The summed E-state index contributed by atoms with van der Waals surface area (Å²) in [6.45, 7) is 8.46. The molecule has 2 heterocycles. The number of nitrogens with zero attached hydrogens (tertiary/aromatic N) is 2. The van der Waals surface area contributed by atoms with Crippen LogP contribution in [0.15, 0.2) is 18.3 Å². The molecule has 1 amide bonds. The zero-order valence-electron chi connectivity index (χ0n) is 11.8. The van der Waals surface area contributed by atoms with Gasteiger partial charge in [0.15, 0.2) is 0 Å². The van der Waals surface area contributed by atoms with Gasteiger partial charge >= 0.3 is 0 Å². The Kier molecular flexibility index (Phi) is 4.37. The predicted octanol–water partition coefficient (Wildman–Crippen LogP) is 0.904. The fourth-order valence-electron chi connectivity index (χ4n) is 2.11. The van der Waals surface area contributed by atoms with Crippen molar-refractivity contribution in [2.24, 2.45) is 0 Å². The first-order valence-electron chi connectivity index (χ1n) is 6.80. The van der Waals surface area contributed by atoms with Gasteiger partial charge in [-0.05, 0) is 18.6 Å². The molecule has 0 aliphatic carbocycles. The first kappa shape index (κ1) is 13.8. The SMILES string of the molecule is CC(C)NCc1ccc(N2CCNC(=O)C2C)nc1. The van der Waals surface area contributed by atoms with Crippen LogP contribution in [0.2, 0.25) is 0 Å². The number of pyridine rings is 1. The summed E-state index contributed by atoms with van der Waals surface area (Å²) in [6, 6.07) is 4.37. The standard InChI is InChI=1S/C14H22N4O/c1-10(2)16-8-12-4-5-13(17-9-12)18-7-6-15-14(19)11(18)3/h4-5,9-11,16H,6-8H2,1-3H3,(H,15,19). The zero-order chi connectivity index (χ0) is 13.8. The lowest BCUT2D eigenvalue weighted by Crippen LogP contribution is -2.54. The third kappa shape index (κ3) is 3.44. The Morgan fingerprint density at radius 3 is 2.95 bits per heavy atom. The van der Waals surface area contributed by atoms with Gasteiger partial charge in [-0.25, -0.2) is 4.98 Å². The number of nitrogens with one attached hydrogen (secondary N) is 2. The average molecular weight is 262 g/mol. The van der Waals surface area contributed by atoms with Crippen molar-refractivity contribution in [1.82, 2.24) is 15.6 Å². The van der Waals surface area contributed by atoms with Gasteiger partial charge < -0.3 is 15.5 Å². The topological polar surface area (TPSA) is 57.3 Å². The number of anilines is 1. The average Bonchev–Trinajstić information content (AvgIpc) is 2.40. The van der Waals surface area contributed by atoms with E-state index in [1.165, 1.54) is 0 Å². The van der Waals surface area contributed by atoms with Crippen molar-refractivity contribution in [1.29, 1.82) is 0 Å². The van der Waals surface area contributed by atoms with Crippen LogP contribution < -0.4 is 15.5 Å². The van der Waals surface area contributed by atoms with Gasteiger partial charge in [0.1, 0.15) is 11.9 Å². The molecular formula is C14H22N4O. The molecule has 1 atom stereocenters. The highest BCUT2D eigenvalue weighted by atomic mass is 16.2. The van der Waals surface area contributed by atoms with Crippen molar-refractivity contribution in [2.75, 3.05) is 18.0 Å². The van der Waals surface area contributed by atoms with E-state index >= 15 is 0 Å². The molecule has 1 fully saturated rings. The Morgan fingerprint density at radius 2 is 2.32 bits per heavy atom. The van der Waals surface area contributed by atoms with Crippen molar-refractivity contribution >= 4 is 11.7 Å². The first-order chi connectivity index (χ1) is 9.08. The van der Waals surface area contributed by atoms with E-state index in [0.717, 1.165) is 24.5 Å². The van der Waals surface area contributed by atoms with Gasteiger partial charge in [-0.1, -0.05) is 19.9 Å². The predicted molar refractivity (Wildman–Crippen MR) is 76.0 cm³/mol. The van der Waals surface area contributed by atoms with E-state index in [9.17, 15) is 4.79 Å². The van der Waals surface area contributed by atoms with E-state index in [4.69, 9.17) is 0 Å². The Morgan fingerprint density at radius 1 is 1.53 bits per heavy atom. The fourth-order valence-corrected chi connectivity index (χ4v) is 2.11. The maximum atomic E-state index is 11.6. The Bertz CT molecular complexity index is 430. The number of hydrogen-bond acceptors (Lipinski definition) is 4. The van der Waals surface area contributed by atoms with Crippen LogP contribution in [0.3, 0.4) is 0 Å². The minimum Gasteiger partial charge on any atom is -0.353 e. The lowest BCUT2D eigenvalue weighted by atomic mass is 10.2. The summed E-state index contributed by atoms with van der Waals surface area (Å²) < 4.78 is 0. The molecule has 2 N–H and O–H groups in total. The second-order valence-corrected chi connectivity index (χ2v) is 5.22. The summed E-state index contributed by atoms with van der Waals surface area (Å²) in [6.07, 6.45) is 1.88. The molecule has 5 nitrogen and oxygen atoms in total. The van der Waals surface area contributed by atoms with Gasteiger partial charge in [-0.3, -0.25) is 4.79 Å². The molecule has 0 bridgehead atoms. The second-order valence-electron chi connectivity index (χ2n) is 5.22. The number of carbonyl (C=O) groups is 1. The summed E-state index contributed by atoms with van der Waals surface area (Å²) in [5.74, 6) is 0.939. The van der Waals surface area contributed by atoms with Crippen LogP contribution in [0.4, 0.5) is 5.82 Å². The molecule has 1 aliphatic rings. The molecule has 1 aromatic heterocycles. The summed E-state index contributed by atoms with van der Waals surface area (Å²) >= 11 is 0. The van der Waals surface area contributed by atoms with E-state index in [1.807, 2.05) is 24.1 Å². The monoisotopic (exact) mass is 262 g/mol. The van der Waals surface area contributed by atoms with Crippen LogP contribution in [-0.4, -0.2) is 36.1 Å². The van der Waals surface area contributed by atoms with E-state index in [2.05, 4.69) is 35.5 Å². The minimum atomic E-state index is -0.152. The molecule has 0 radical (unpaired) electrons. The maximum Gasteiger partial charge on any atom is 0.242 e. The van der Waals surface area contributed by atoms with Crippen LogP contribution in [0.25, 0.3) is 0 Å². The third-order valence-corrected chi connectivity index (χ3v) is 3.32. The van der Waals surface area contributed by atoms with Gasteiger partial charge in [-0.2, -0.15) is 0 Å². The first-order valence-corrected chi connectivity index (χ1v) is 6.80. The Labute approximate surface area is 114 Å². The molecule has 1 saturated heterocycles. The summed E-state index contributed by atoms with van der Waals surface area (Å²) in [5.41, 5.74) is 1.16. The van der Waals surface area contributed by atoms with Gasteiger partial charge in [-0.15, -0.1) is 0 Å². The van der Waals surface area contributed by atoms with Crippen molar-refractivity contribution < 1.29 is 4.79 Å². The number of rotatable bonds is 4. The quantitative estimate of drug-likeness (QED) is 0.846. The number of piperazine rings is 1. The highest BCUT2D eigenvalue weighted by Gasteiger charge is 2.26. The van der Waals surface area contributed by atoms with Crippen LogP contribution in [0, 0.1) is 0 Å².